The minimum Gasteiger partial charge on any atom is -0.454 e. The standard InChI is InChI=1S/C16H15ClN2O2S/c1-10-6-12(17)3-4-13(10)19-16(22)18-8-11-2-5-14-15(7-11)21-9-20-14/h2-7H,8-9H2,1H3,(H2,18,19,22). The van der Waals surface area contributed by atoms with Crippen LogP contribution in [0.3, 0.4) is 0 Å². The first-order valence-corrected chi connectivity index (χ1v) is 7.60. The van der Waals surface area contributed by atoms with Gasteiger partial charge >= 0.3 is 0 Å². The van der Waals surface area contributed by atoms with E-state index in [1.807, 2.05) is 43.3 Å². The molecular formula is C16H15ClN2O2S. The number of benzene rings is 2. The summed E-state index contributed by atoms with van der Waals surface area (Å²) in [4.78, 5) is 0. The fourth-order valence-electron chi connectivity index (χ4n) is 2.17. The summed E-state index contributed by atoms with van der Waals surface area (Å²) in [5.74, 6) is 1.55. The van der Waals surface area contributed by atoms with Crippen LogP contribution in [0.25, 0.3) is 0 Å². The quantitative estimate of drug-likeness (QED) is 0.834. The van der Waals surface area contributed by atoms with Crippen LogP contribution in [0.15, 0.2) is 36.4 Å². The van der Waals surface area contributed by atoms with Gasteiger partial charge in [-0.25, -0.2) is 0 Å². The van der Waals surface area contributed by atoms with Crippen LogP contribution in [0.1, 0.15) is 11.1 Å². The molecule has 2 aromatic carbocycles. The molecule has 0 saturated carbocycles. The highest BCUT2D eigenvalue weighted by atomic mass is 35.5. The Hall–Kier alpha value is -1.98. The first-order chi connectivity index (χ1) is 10.6. The van der Waals surface area contributed by atoms with Crippen molar-refractivity contribution >= 4 is 34.6 Å². The Kier molecular flexibility index (Phi) is 4.36. The van der Waals surface area contributed by atoms with Crippen molar-refractivity contribution in [2.45, 2.75) is 13.5 Å². The molecule has 1 aliphatic heterocycles. The number of halogens is 1. The topological polar surface area (TPSA) is 42.5 Å². The summed E-state index contributed by atoms with van der Waals surface area (Å²) < 4.78 is 10.6. The zero-order valence-corrected chi connectivity index (χ0v) is 13.6. The van der Waals surface area contributed by atoms with Crippen LogP contribution in [0.4, 0.5) is 5.69 Å². The van der Waals surface area contributed by atoms with Gasteiger partial charge < -0.3 is 20.1 Å². The Morgan fingerprint density at radius 1 is 1.18 bits per heavy atom. The number of nitrogens with one attached hydrogen (secondary N) is 2. The van der Waals surface area contributed by atoms with E-state index in [0.717, 1.165) is 28.3 Å². The van der Waals surface area contributed by atoms with Crippen LogP contribution in [0.5, 0.6) is 11.5 Å². The van der Waals surface area contributed by atoms with Gasteiger partial charge in [-0.1, -0.05) is 17.7 Å². The molecule has 1 heterocycles. The van der Waals surface area contributed by atoms with Gasteiger partial charge in [0.15, 0.2) is 16.6 Å². The van der Waals surface area contributed by atoms with E-state index < -0.39 is 0 Å². The Morgan fingerprint density at radius 3 is 2.82 bits per heavy atom. The van der Waals surface area contributed by atoms with E-state index in [0.29, 0.717) is 16.7 Å². The molecule has 2 N–H and O–H groups in total. The van der Waals surface area contributed by atoms with Crippen molar-refractivity contribution in [1.82, 2.24) is 5.32 Å². The molecule has 22 heavy (non-hydrogen) atoms. The minimum absolute atomic E-state index is 0.280. The molecular weight excluding hydrogens is 320 g/mol. The van der Waals surface area contributed by atoms with Crippen molar-refractivity contribution < 1.29 is 9.47 Å². The summed E-state index contributed by atoms with van der Waals surface area (Å²) in [6, 6.07) is 11.5. The van der Waals surface area contributed by atoms with Gasteiger partial charge in [-0.05, 0) is 60.6 Å². The third kappa shape index (κ3) is 3.43. The molecule has 0 amide bonds. The van der Waals surface area contributed by atoms with E-state index in [2.05, 4.69) is 10.6 Å². The SMILES string of the molecule is Cc1cc(Cl)ccc1NC(=S)NCc1ccc2c(c1)OCO2. The zero-order valence-electron chi connectivity index (χ0n) is 12.0. The smallest absolute Gasteiger partial charge is 0.231 e. The van der Waals surface area contributed by atoms with Crippen molar-refractivity contribution in [3.8, 4) is 11.5 Å². The van der Waals surface area contributed by atoms with Gasteiger partial charge in [-0.3, -0.25) is 0 Å². The lowest BCUT2D eigenvalue weighted by Crippen LogP contribution is -2.28. The number of ether oxygens (including phenoxy) is 2. The van der Waals surface area contributed by atoms with Gasteiger partial charge in [0.2, 0.25) is 6.79 Å². The molecule has 0 radical (unpaired) electrons. The van der Waals surface area contributed by atoms with E-state index in [9.17, 15) is 0 Å². The fraction of sp³-hybridized carbons (Fsp3) is 0.188. The van der Waals surface area contributed by atoms with E-state index in [1.165, 1.54) is 0 Å². The van der Waals surface area contributed by atoms with Crippen molar-refractivity contribution in [3.05, 3.63) is 52.5 Å². The van der Waals surface area contributed by atoms with Gasteiger partial charge in [-0.15, -0.1) is 0 Å². The zero-order chi connectivity index (χ0) is 15.5. The number of fused-ring (bicyclic) bond motifs is 1. The number of thiocarbonyl (C=S) groups is 1. The van der Waals surface area contributed by atoms with E-state index in [-0.39, 0.29) is 6.79 Å². The average molecular weight is 335 g/mol. The first kappa shape index (κ1) is 14.9. The highest BCUT2D eigenvalue weighted by Gasteiger charge is 2.13. The molecule has 4 nitrogen and oxygen atoms in total. The number of rotatable bonds is 3. The predicted molar refractivity (Wildman–Crippen MR) is 91.8 cm³/mol. The van der Waals surface area contributed by atoms with Crippen LogP contribution < -0.4 is 20.1 Å². The molecule has 0 bridgehead atoms. The van der Waals surface area contributed by atoms with Gasteiger partial charge in [0.25, 0.3) is 0 Å². The van der Waals surface area contributed by atoms with Crippen LogP contribution in [-0.4, -0.2) is 11.9 Å². The summed E-state index contributed by atoms with van der Waals surface area (Å²) in [5, 5.41) is 7.61. The van der Waals surface area contributed by atoms with Crippen LogP contribution >= 0.6 is 23.8 Å². The number of aryl methyl sites for hydroxylation is 1. The number of anilines is 1. The summed E-state index contributed by atoms with van der Waals surface area (Å²) in [6.45, 7) is 2.87. The third-order valence-corrected chi connectivity index (χ3v) is 3.81. The maximum absolute atomic E-state index is 5.94. The summed E-state index contributed by atoms with van der Waals surface area (Å²) >= 11 is 11.3. The molecule has 6 heteroatoms. The molecule has 0 aromatic heterocycles. The molecule has 0 atom stereocenters. The second kappa shape index (κ2) is 6.42. The van der Waals surface area contributed by atoms with E-state index in [4.69, 9.17) is 33.3 Å². The fourth-order valence-corrected chi connectivity index (χ4v) is 2.58. The Bertz CT molecular complexity index is 721. The largest absolute Gasteiger partial charge is 0.454 e. The monoisotopic (exact) mass is 334 g/mol. The Morgan fingerprint density at radius 2 is 2.00 bits per heavy atom. The lowest BCUT2D eigenvalue weighted by atomic mass is 10.2. The number of hydrogen-bond acceptors (Lipinski definition) is 3. The van der Waals surface area contributed by atoms with Gasteiger partial charge in [0.1, 0.15) is 0 Å². The summed E-state index contributed by atoms with van der Waals surface area (Å²) in [5.41, 5.74) is 3.05. The molecule has 0 saturated heterocycles. The Balaban J connectivity index is 1.58. The maximum atomic E-state index is 5.94. The predicted octanol–water partition coefficient (Wildman–Crippen LogP) is 3.86. The van der Waals surface area contributed by atoms with E-state index in [1.54, 1.807) is 0 Å². The average Bonchev–Trinajstić information content (AvgIpc) is 2.95. The van der Waals surface area contributed by atoms with Crippen LogP contribution in [0, 0.1) is 6.92 Å². The van der Waals surface area contributed by atoms with Crippen LogP contribution in [0.2, 0.25) is 5.02 Å². The van der Waals surface area contributed by atoms with Gasteiger partial charge in [0, 0.05) is 17.3 Å². The molecule has 0 unspecified atom stereocenters. The van der Waals surface area contributed by atoms with Crippen molar-refractivity contribution in [3.63, 3.8) is 0 Å². The molecule has 3 rings (SSSR count). The summed E-state index contributed by atoms with van der Waals surface area (Å²) in [6.07, 6.45) is 0. The van der Waals surface area contributed by atoms with Crippen molar-refractivity contribution in [1.29, 1.82) is 0 Å². The molecule has 2 aromatic rings. The molecule has 0 spiro atoms. The first-order valence-electron chi connectivity index (χ1n) is 6.81. The molecule has 0 aliphatic carbocycles. The maximum Gasteiger partial charge on any atom is 0.231 e. The highest BCUT2D eigenvalue weighted by molar-refractivity contribution is 7.80. The molecule has 114 valence electrons. The molecule has 0 fully saturated rings. The molecule has 1 aliphatic rings. The van der Waals surface area contributed by atoms with Gasteiger partial charge in [0.05, 0.1) is 0 Å². The van der Waals surface area contributed by atoms with Gasteiger partial charge in [-0.2, -0.15) is 0 Å². The van der Waals surface area contributed by atoms with Crippen molar-refractivity contribution in [2.24, 2.45) is 0 Å². The van der Waals surface area contributed by atoms with Crippen LogP contribution in [-0.2, 0) is 6.54 Å². The second-order valence-electron chi connectivity index (χ2n) is 4.95. The lowest BCUT2D eigenvalue weighted by Gasteiger charge is -2.13. The normalized spacial score (nSPS) is 12.1. The van der Waals surface area contributed by atoms with E-state index >= 15 is 0 Å². The summed E-state index contributed by atoms with van der Waals surface area (Å²) in [7, 11) is 0. The third-order valence-electron chi connectivity index (χ3n) is 3.33. The second-order valence-corrected chi connectivity index (χ2v) is 5.80. The Labute approximate surface area is 139 Å². The highest BCUT2D eigenvalue weighted by Crippen LogP contribution is 2.32. The number of hydrogen-bond donors (Lipinski definition) is 2. The lowest BCUT2D eigenvalue weighted by molar-refractivity contribution is 0.174. The minimum atomic E-state index is 0.280. The van der Waals surface area contributed by atoms with Crippen molar-refractivity contribution in [2.75, 3.05) is 12.1 Å².